The average molecular weight is 539 g/mol. The van der Waals surface area contributed by atoms with Gasteiger partial charge in [-0.3, -0.25) is 4.90 Å². The fourth-order valence-corrected chi connectivity index (χ4v) is 5.31. The average Bonchev–Trinajstić information content (AvgIpc) is 3.33. The highest BCUT2D eigenvalue weighted by molar-refractivity contribution is 6.02. The van der Waals surface area contributed by atoms with Crippen molar-refractivity contribution in [3.8, 4) is 16.9 Å². The zero-order valence-corrected chi connectivity index (χ0v) is 21.8. The first-order chi connectivity index (χ1) is 18.7. The van der Waals surface area contributed by atoms with Crippen LogP contribution in [0.5, 0.6) is 5.75 Å². The monoisotopic (exact) mass is 538 g/mol. The molecule has 0 aliphatic carbocycles. The minimum Gasteiger partial charge on any atom is -0.491 e. The van der Waals surface area contributed by atoms with Crippen molar-refractivity contribution in [3.05, 3.63) is 88.2 Å². The molecule has 1 N–H and O–H groups in total. The van der Waals surface area contributed by atoms with E-state index in [1.54, 1.807) is 44.2 Å². The maximum atomic E-state index is 15.8. The lowest BCUT2D eigenvalue weighted by Crippen LogP contribution is -2.44. The predicted molar refractivity (Wildman–Crippen MR) is 141 cm³/mol. The minimum absolute atomic E-state index is 0.135. The zero-order chi connectivity index (χ0) is 27.7. The number of aryl methyl sites for hydroxylation is 1. The lowest BCUT2D eigenvalue weighted by Gasteiger charge is -2.37. The highest BCUT2D eigenvalue weighted by Crippen LogP contribution is 2.39. The summed E-state index contributed by atoms with van der Waals surface area (Å²) in [6.45, 7) is 5.18. The Bertz CT molecular complexity index is 1430. The van der Waals surface area contributed by atoms with E-state index in [0.29, 0.717) is 49.0 Å². The van der Waals surface area contributed by atoms with Gasteiger partial charge in [0.05, 0.1) is 17.9 Å². The van der Waals surface area contributed by atoms with Crippen LogP contribution in [-0.4, -0.2) is 47.0 Å². The topological polar surface area (TPSA) is 71.4 Å². The summed E-state index contributed by atoms with van der Waals surface area (Å²) in [5.74, 6) is -2.84. The summed E-state index contributed by atoms with van der Waals surface area (Å²) in [5.41, 5.74) is 2.65. The second-order valence-electron chi connectivity index (χ2n) is 10.1. The first-order valence-corrected chi connectivity index (χ1v) is 12.9. The highest BCUT2D eigenvalue weighted by Gasteiger charge is 2.42. The molecule has 3 aromatic rings. The molecule has 39 heavy (non-hydrogen) atoms. The molecule has 3 aromatic carbocycles. The standard InChI is InChI=1S/C30H29F3N2O4/c1-3-38-28-18(2)14-23(22-9-8-21(31)15-25(22)32)24(27(28)33)17-35-12-10-30(11-13-35)16-26(34-39-30)19-4-6-20(7-5-19)29(36)37/h4-9,14-15H,3,10-13,16-17H2,1-2H3,(H,36,37). The van der Waals surface area contributed by atoms with Crippen LogP contribution in [0, 0.1) is 24.4 Å². The Kier molecular flexibility index (Phi) is 7.36. The molecular weight excluding hydrogens is 509 g/mol. The molecule has 1 saturated heterocycles. The molecule has 9 heteroatoms. The van der Waals surface area contributed by atoms with Crippen molar-refractivity contribution >= 4 is 11.7 Å². The molecule has 0 amide bonds. The number of oxime groups is 1. The van der Waals surface area contributed by atoms with E-state index in [4.69, 9.17) is 14.7 Å². The van der Waals surface area contributed by atoms with Gasteiger partial charge >= 0.3 is 5.97 Å². The van der Waals surface area contributed by atoms with E-state index in [-0.39, 0.29) is 30.0 Å². The van der Waals surface area contributed by atoms with Crippen LogP contribution in [0.1, 0.15) is 53.2 Å². The number of aromatic carboxylic acids is 1. The summed E-state index contributed by atoms with van der Waals surface area (Å²) in [7, 11) is 0. The van der Waals surface area contributed by atoms with Crippen molar-refractivity contribution in [3.63, 3.8) is 0 Å². The van der Waals surface area contributed by atoms with Crippen LogP contribution in [0.4, 0.5) is 13.2 Å². The number of carboxylic acid groups (broad SMARTS) is 1. The molecule has 2 aliphatic heterocycles. The first kappa shape index (κ1) is 26.7. The molecule has 0 saturated carbocycles. The minimum atomic E-state index is -0.987. The number of benzene rings is 3. The van der Waals surface area contributed by atoms with Gasteiger partial charge in [-0.15, -0.1) is 0 Å². The van der Waals surface area contributed by atoms with Crippen molar-refractivity contribution in [2.24, 2.45) is 5.16 Å². The van der Waals surface area contributed by atoms with Crippen LogP contribution in [-0.2, 0) is 11.4 Å². The highest BCUT2D eigenvalue weighted by atomic mass is 19.1. The molecule has 204 valence electrons. The van der Waals surface area contributed by atoms with Gasteiger partial charge in [0, 0.05) is 56.1 Å². The fraction of sp³-hybridized carbons (Fsp3) is 0.333. The largest absolute Gasteiger partial charge is 0.491 e. The molecule has 0 atom stereocenters. The number of rotatable bonds is 7. The van der Waals surface area contributed by atoms with Crippen molar-refractivity contribution in [2.45, 2.75) is 45.3 Å². The lowest BCUT2D eigenvalue weighted by atomic mass is 9.85. The van der Waals surface area contributed by atoms with Crippen LogP contribution in [0.25, 0.3) is 11.1 Å². The summed E-state index contributed by atoms with van der Waals surface area (Å²) in [6.07, 6.45) is 1.89. The van der Waals surface area contributed by atoms with Gasteiger partial charge in [0.2, 0.25) is 0 Å². The fourth-order valence-electron chi connectivity index (χ4n) is 5.31. The lowest BCUT2D eigenvalue weighted by molar-refractivity contribution is -0.0627. The van der Waals surface area contributed by atoms with Crippen LogP contribution < -0.4 is 4.74 Å². The second kappa shape index (κ2) is 10.7. The van der Waals surface area contributed by atoms with Gasteiger partial charge in [0.1, 0.15) is 17.2 Å². The number of halogens is 3. The molecule has 1 spiro atoms. The number of carboxylic acids is 1. The number of likely N-dealkylation sites (tertiary alicyclic amines) is 1. The van der Waals surface area contributed by atoms with E-state index in [1.807, 2.05) is 0 Å². The SMILES string of the molecule is CCOc1c(C)cc(-c2ccc(F)cc2F)c(CN2CCC3(CC2)CC(c2ccc(C(=O)O)cc2)=NO3)c1F. The van der Waals surface area contributed by atoms with E-state index in [1.165, 1.54) is 12.1 Å². The molecule has 2 aliphatic rings. The van der Waals surface area contributed by atoms with Gasteiger partial charge in [-0.05, 0) is 60.9 Å². The van der Waals surface area contributed by atoms with Gasteiger partial charge in [-0.2, -0.15) is 0 Å². The summed E-state index contributed by atoms with van der Waals surface area (Å²) >= 11 is 0. The third kappa shape index (κ3) is 5.36. The number of ether oxygens (including phenoxy) is 1. The Balaban J connectivity index is 1.34. The smallest absolute Gasteiger partial charge is 0.335 e. The number of piperidine rings is 1. The molecule has 0 aromatic heterocycles. The number of carbonyl (C=O) groups is 1. The Hall–Kier alpha value is -3.85. The molecule has 1 fully saturated rings. The third-order valence-electron chi connectivity index (χ3n) is 7.47. The van der Waals surface area contributed by atoms with Crippen molar-refractivity contribution < 1.29 is 32.6 Å². The van der Waals surface area contributed by atoms with Gasteiger partial charge in [-0.1, -0.05) is 17.3 Å². The van der Waals surface area contributed by atoms with Crippen molar-refractivity contribution in [1.29, 1.82) is 0 Å². The first-order valence-electron chi connectivity index (χ1n) is 12.9. The van der Waals surface area contributed by atoms with Gasteiger partial charge in [0.15, 0.2) is 11.6 Å². The molecule has 5 rings (SSSR count). The number of hydrogen-bond donors (Lipinski definition) is 1. The van der Waals surface area contributed by atoms with E-state index in [9.17, 15) is 13.6 Å². The van der Waals surface area contributed by atoms with Gasteiger partial charge < -0.3 is 14.7 Å². The molecule has 0 unspecified atom stereocenters. The molecule has 6 nitrogen and oxygen atoms in total. The van der Waals surface area contributed by atoms with Crippen molar-refractivity contribution in [2.75, 3.05) is 19.7 Å². The summed E-state index contributed by atoms with van der Waals surface area (Å²) < 4.78 is 49.8. The van der Waals surface area contributed by atoms with Crippen LogP contribution in [0.2, 0.25) is 0 Å². The van der Waals surface area contributed by atoms with E-state index in [0.717, 1.165) is 17.3 Å². The van der Waals surface area contributed by atoms with Gasteiger partial charge in [-0.25, -0.2) is 18.0 Å². The van der Waals surface area contributed by atoms with E-state index in [2.05, 4.69) is 10.1 Å². The second-order valence-corrected chi connectivity index (χ2v) is 10.1. The summed E-state index contributed by atoms with van der Waals surface area (Å²) in [4.78, 5) is 19.1. The third-order valence-corrected chi connectivity index (χ3v) is 7.47. The maximum Gasteiger partial charge on any atom is 0.335 e. The normalized spacial score (nSPS) is 16.7. The Morgan fingerprint density at radius 1 is 1.08 bits per heavy atom. The summed E-state index contributed by atoms with van der Waals surface area (Å²) in [5, 5.41) is 13.4. The Morgan fingerprint density at radius 3 is 2.44 bits per heavy atom. The van der Waals surface area contributed by atoms with Crippen LogP contribution >= 0.6 is 0 Å². The van der Waals surface area contributed by atoms with Crippen LogP contribution in [0.15, 0.2) is 53.7 Å². The number of nitrogens with zero attached hydrogens (tertiary/aromatic N) is 2. The number of hydrogen-bond acceptors (Lipinski definition) is 5. The van der Waals surface area contributed by atoms with E-state index >= 15 is 4.39 Å². The van der Waals surface area contributed by atoms with Crippen LogP contribution in [0.3, 0.4) is 0 Å². The van der Waals surface area contributed by atoms with E-state index < -0.39 is 29.0 Å². The maximum absolute atomic E-state index is 15.8. The molecular formula is C30H29F3N2O4. The quantitative estimate of drug-likeness (QED) is 0.380. The zero-order valence-electron chi connectivity index (χ0n) is 21.8. The molecule has 2 heterocycles. The summed E-state index contributed by atoms with van der Waals surface area (Å²) in [6, 6.07) is 11.5. The Morgan fingerprint density at radius 2 is 1.79 bits per heavy atom. The van der Waals surface area contributed by atoms with Gasteiger partial charge in [0.25, 0.3) is 0 Å². The molecule has 0 radical (unpaired) electrons. The molecule has 0 bridgehead atoms. The van der Waals surface area contributed by atoms with Crippen molar-refractivity contribution in [1.82, 2.24) is 4.90 Å². The predicted octanol–water partition coefficient (Wildman–Crippen LogP) is 6.34. The Labute approximate surface area is 224 Å².